The van der Waals surface area contributed by atoms with Gasteiger partial charge in [0.15, 0.2) is 0 Å². The average Bonchev–Trinajstić information content (AvgIpc) is 3.38. The highest BCUT2D eigenvalue weighted by atomic mass is 35.5. The predicted molar refractivity (Wildman–Crippen MR) is 150 cm³/mol. The van der Waals surface area contributed by atoms with Crippen molar-refractivity contribution in [2.45, 2.75) is 36.9 Å². The van der Waals surface area contributed by atoms with E-state index in [0.717, 1.165) is 42.3 Å². The summed E-state index contributed by atoms with van der Waals surface area (Å²) in [6.45, 7) is 3.40. The largest absolute Gasteiger partial charge is 0.367 e. The van der Waals surface area contributed by atoms with Gasteiger partial charge in [0.2, 0.25) is 0 Å². The van der Waals surface area contributed by atoms with E-state index in [-0.39, 0.29) is 18.0 Å². The Kier molecular flexibility index (Phi) is 6.76. The zero-order chi connectivity index (χ0) is 26.4. The van der Waals surface area contributed by atoms with Crippen LogP contribution in [0, 0.1) is 0 Å². The fourth-order valence-corrected chi connectivity index (χ4v) is 7.90. The van der Waals surface area contributed by atoms with Gasteiger partial charge in [-0.3, -0.25) is 9.80 Å². The molecule has 38 heavy (non-hydrogen) atoms. The van der Waals surface area contributed by atoms with E-state index in [1.165, 1.54) is 4.90 Å². The van der Waals surface area contributed by atoms with Crippen LogP contribution in [0.15, 0.2) is 71.6 Å². The van der Waals surface area contributed by atoms with E-state index in [1.807, 2.05) is 30.3 Å². The third-order valence-electron chi connectivity index (χ3n) is 7.68. The number of halogens is 2. The second-order valence-electron chi connectivity index (χ2n) is 10.0. The van der Waals surface area contributed by atoms with Gasteiger partial charge in [-0.15, -0.1) is 0 Å². The molecule has 3 aliphatic rings. The van der Waals surface area contributed by atoms with E-state index in [4.69, 9.17) is 23.2 Å². The Balaban J connectivity index is 1.49. The second-order valence-corrected chi connectivity index (χ2v) is 12.7. The number of fused-ring (bicyclic) bond motifs is 2. The summed E-state index contributed by atoms with van der Waals surface area (Å²) in [7, 11) is -4.22. The summed E-state index contributed by atoms with van der Waals surface area (Å²) in [6, 6.07) is 19.6. The molecule has 3 heterocycles. The van der Waals surface area contributed by atoms with Crippen LogP contribution in [0.3, 0.4) is 0 Å². The fourth-order valence-electron chi connectivity index (χ4n) is 5.78. The highest BCUT2D eigenvalue weighted by Crippen LogP contribution is 2.45. The molecule has 0 radical (unpaired) electrons. The lowest BCUT2D eigenvalue weighted by Crippen LogP contribution is -2.53. The van der Waals surface area contributed by atoms with Crippen molar-refractivity contribution in [1.82, 2.24) is 9.21 Å². The third kappa shape index (κ3) is 4.53. The SMILES string of the molecule is O=C1N(Cc2ccccc2)c2cc(Cl)cc(N3CCN4CCC[C@@H]4C3)c2S(=O)(=O)N1Cc1ccccc1Cl. The van der Waals surface area contributed by atoms with Gasteiger partial charge in [-0.1, -0.05) is 71.7 Å². The predicted octanol–water partition coefficient (Wildman–Crippen LogP) is 5.61. The molecule has 0 aliphatic carbocycles. The Morgan fingerprint density at radius 1 is 0.868 bits per heavy atom. The number of anilines is 2. The molecular weight excluding hydrogens is 543 g/mol. The fraction of sp³-hybridized carbons (Fsp3) is 0.321. The van der Waals surface area contributed by atoms with E-state index in [2.05, 4.69) is 9.80 Å². The maximum atomic E-state index is 14.3. The summed E-state index contributed by atoms with van der Waals surface area (Å²) in [4.78, 5) is 20.2. The summed E-state index contributed by atoms with van der Waals surface area (Å²) in [6.07, 6.45) is 2.23. The normalized spacial score (nSPS) is 20.9. The molecule has 0 saturated carbocycles. The number of hydrogen-bond acceptors (Lipinski definition) is 5. The zero-order valence-corrected chi connectivity index (χ0v) is 23.1. The Hall–Kier alpha value is -2.78. The van der Waals surface area contributed by atoms with Crippen LogP contribution >= 0.6 is 23.2 Å². The van der Waals surface area contributed by atoms with Crippen LogP contribution in [-0.2, 0) is 23.1 Å². The lowest BCUT2D eigenvalue weighted by molar-refractivity contribution is 0.225. The molecule has 2 fully saturated rings. The van der Waals surface area contributed by atoms with Crippen LogP contribution in [-0.4, -0.2) is 55.9 Å². The minimum absolute atomic E-state index is 0.121. The molecule has 3 aliphatic heterocycles. The monoisotopic (exact) mass is 570 g/mol. The maximum absolute atomic E-state index is 14.3. The van der Waals surface area contributed by atoms with Gasteiger partial charge < -0.3 is 4.90 Å². The highest BCUT2D eigenvalue weighted by Gasteiger charge is 2.45. The van der Waals surface area contributed by atoms with Gasteiger partial charge in [0.05, 0.1) is 24.5 Å². The first-order valence-electron chi connectivity index (χ1n) is 12.8. The molecule has 0 unspecified atom stereocenters. The number of carbonyl (C=O) groups excluding carboxylic acids is 1. The van der Waals surface area contributed by atoms with Crippen molar-refractivity contribution < 1.29 is 13.2 Å². The van der Waals surface area contributed by atoms with E-state index in [0.29, 0.717) is 39.6 Å². The molecule has 0 N–H and O–H groups in total. The van der Waals surface area contributed by atoms with Crippen molar-refractivity contribution in [3.63, 3.8) is 0 Å². The average molecular weight is 572 g/mol. The lowest BCUT2D eigenvalue weighted by Gasteiger charge is -2.42. The number of nitrogens with zero attached hydrogens (tertiary/aromatic N) is 4. The van der Waals surface area contributed by atoms with Gasteiger partial charge >= 0.3 is 6.03 Å². The van der Waals surface area contributed by atoms with Crippen LogP contribution in [0.25, 0.3) is 0 Å². The molecule has 0 bridgehead atoms. The van der Waals surface area contributed by atoms with Crippen molar-refractivity contribution in [2.75, 3.05) is 36.0 Å². The quantitative estimate of drug-likeness (QED) is 0.399. The van der Waals surface area contributed by atoms with Crippen molar-refractivity contribution in [3.05, 3.63) is 87.9 Å². The summed E-state index contributed by atoms with van der Waals surface area (Å²) < 4.78 is 29.5. The first kappa shape index (κ1) is 25.5. The number of hydrogen-bond donors (Lipinski definition) is 0. The van der Waals surface area contributed by atoms with Gasteiger partial charge in [-0.2, -0.15) is 0 Å². The van der Waals surface area contributed by atoms with Gasteiger partial charge in [-0.05, 0) is 48.7 Å². The number of piperazine rings is 1. The number of sulfonamides is 1. The Labute approximate surface area is 233 Å². The molecule has 7 nitrogen and oxygen atoms in total. The van der Waals surface area contributed by atoms with Crippen LogP contribution in [0.2, 0.25) is 10.0 Å². The van der Waals surface area contributed by atoms with Crippen molar-refractivity contribution in [3.8, 4) is 0 Å². The van der Waals surface area contributed by atoms with Gasteiger partial charge in [-0.25, -0.2) is 17.5 Å². The molecule has 0 aromatic heterocycles. The third-order valence-corrected chi connectivity index (χ3v) is 10.1. The number of rotatable bonds is 5. The lowest BCUT2D eigenvalue weighted by atomic mass is 10.1. The minimum Gasteiger partial charge on any atom is -0.367 e. The number of urea groups is 1. The van der Waals surface area contributed by atoms with Crippen LogP contribution in [0.5, 0.6) is 0 Å². The summed E-state index contributed by atoms with van der Waals surface area (Å²) in [5.74, 6) is 0. The van der Waals surface area contributed by atoms with E-state index in [9.17, 15) is 13.2 Å². The van der Waals surface area contributed by atoms with E-state index in [1.54, 1.807) is 36.4 Å². The zero-order valence-electron chi connectivity index (χ0n) is 20.8. The summed E-state index contributed by atoms with van der Waals surface area (Å²) >= 11 is 13.0. The number of carbonyl (C=O) groups is 1. The van der Waals surface area contributed by atoms with Crippen molar-refractivity contribution >= 4 is 50.6 Å². The molecule has 198 valence electrons. The Morgan fingerprint density at radius 2 is 1.61 bits per heavy atom. The molecule has 6 rings (SSSR count). The Morgan fingerprint density at radius 3 is 2.39 bits per heavy atom. The first-order valence-corrected chi connectivity index (χ1v) is 15.0. The molecule has 3 aromatic carbocycles. The van der Waals surface area contributed by atoms with Crippen LogP contribution in [0.4, 0.5) is 16.2 Å². The molecular formula is C28H28Cl2N4O3S. The summed E-state index contributed by atoms with van der Waals surface area (Å²) in [5, 5.41) is 0.804. The van der Waals surface area contributed by atoms with Crippen LogP contribution in [0.1, 0.15) is 24.0 Å². The number of amides is 2. The van der Waals surface area contributed by atoms with Gasteiger partial charge in [0, 0.05) is 35.7 Å². The number of benzene rings is 3. The molecule has 1 atom stereocenters. The minimum atomic E-state index is -4.22. The van der Waals surface area contributed by atoms with E-state index < -0.39 is 16.1 Å². The van der Waals surface area contributed by atoms with Crippen molar-refractivity contribution in [1.29, 1.82) is 0 Å². The molecule has 2 amide bonds. The molecule has 2 saturated heterocycles. The topological polar surface area (TPSA) is 64.2 Å². The van der Waals surface area contributed by atoms with Gasteiger partial charge in [0.1, 0.15) is 4.90 Å². The summed E-state index contributed by atoms with van der Waals surface area (Å²) in [5.41, 5.74) is 2.30. The molecule has 3 aromatic rings. The van der Waals surface area contributed by atoms with Gasteiger partial charge in [0.25, 0.3) is 10.0 Å². The van der Waals surface area contributed by atoms with Crippen LogP contribution < -0.4 is 9.80 Å². The smallest absolute Gasteiger partial charge is 0.339 e. The highest BCUT2D eigenvalue weighted by molar-refractivity contribution is 7.90. The standard InChI is InChI=1S/C28H28Cl2N4O3S/c29-22-15-25(32-14-13-31-12-6-10-23(31)19-32)27-26(16-22)33(17-20-7-2-1-3-8-20)28(35)34(38(27,36)37)18-21-9-4-5-11-24(21)30/h1-5,7-9,11,15-16,23H,6,10,12-14,17-19H2/t23-/m1/s1. The molecule has 10 heteroatoms. The maximum Gasteiger partial charge on any atom is 0.339 e. The molecule has 0 spiro atoms. The van der Waals surface area contributed by atoms with Crippen molar-refractivity contribution in [2.24, 2.45) is 0 Å². The first-order chi connectivity index (χ1) is 18.3. The Bertz CT molecular complexity index is 1480. The second kappa shape index (κ2) is 10.1. The van der Waals surface area contributed by atoms with E-state index >= 15 is 0 Å².